The summed E-state index contributed by atoms with van der Waals surface area (Å²) < 4.78 is 0. The first kappa shape index (κ1) is 11.8. The zero-order chi connectivity index (χ0) is 11.4. The normalized spacial score (nSPS) is 12.5. The van der Waals surface area contributed by atoms with Crippen molar-refractivity contribution >= 4 is 0 Å². The van der Waals surface area contributed by atoms with Gasteiger partial charge in [-0.15, -0.1) is 0 Å². The molecule has 0 fully saturated rings. The zero-order valence-corrected chi connectivity index (χ0v) is 10.0. The van der Waals surface area contributed by atoms with Gasteiger partial charge in [0.15, 0.2) is 0 Å². The van der Waals surface area contributed by atoms with Crippen LogP contribution in [0.2, 0.25) is 0 Å². The standard InChI is InChI=1S/C14H19N/c1-10(2)7-14(9-15)13-6-5-11(3)12(4)8-13/h5-6,8,10,14H,7H2,1-4H3. The molecule has 1 atom stereocenters. The summed E-state index contributed by atoms with van der Waals surface area (Å²) in [5.74, 6) is 0.612. The zero-order valence-electron chi connectivity index (χ0n) is 10.0. The van der Waals surface area contributed by atoms with Crippen molar-refractivity contribution in [3.8, 4) is 6.07 Å². The summed E-state index contributed by atoms with van der Waals surface area (Å²) in [5, 5.41) is 9.14. The maximum Gasteiger partial charge on any atom is 0.0715 e. The molecule has 0 N–H and O–H groups in total. The average Bonchev–Trinajstić information content (AvgIpc) is 2.18. The van der Waals surface area contributed by atoms with E-state index in [0.717, 1.165) is 12.0 Å². The molecule has 80 valence electrons. The lowest BCUT2D eigenvalue weighted by molar-refractivity contribution is 0.555. The highest BCUT2D eigenvalue weighted by molar-refractivity contribution is 5.34. The lowest BCUT2D eigenvalue weighted by atomic mass is 9.90. The van der Waals surface area contributed by atoms with Crippen LogP contribution in [0.15, 0.2) is 18.2 Å². The minimum atomic E-state index is 0.0456. The van der Waals surface area contributed by atoms with Gasteiger partial charge in [-0.1, -0.05) is 32.0 Å². The van der Waals surface area contributed by atoms with E-state index < -0.39 is 0 Å². The number of rotatable bonds is 3. The van der Waals surface area contributed by atoms with Crippen molar-refractivity contribution in [2.75, 3.05) is 0 Å². The molecular formula is C14H19N. The highest BCUT2D eigenvalue weighted by Gasteiger charge is 2.12. The lowest BCUT2D eigenvalue weighted by Gasteiger charge is -2.13. The van der Waals surface area contributed by atoms with E-state index in [4.69, 9.17) is 5.26 Å². The summed E-state index contributed by atoms with van der Waals surface area (Å²) >= 11 is 0. The topological polar surface area (TPSA) is 23.8 Å². The van der Waals surface area contributed by atoms with Crippen LogP contribution in [0.4, 0.5) is 0 Å². The van der Waals surface area contributed by atoms with Crippen LogP contribution in [0, 0.1) is 31.1 Å². The Bertz CT molecular complexity index is 371. The summed E-state index contributed by atoms with van der Waals surface area (Å²) in [5.41, 5.74) is 3.73. The van der Waals surface area contributed by atoms with Gasteiger partial charge in [-0.05, 0) is 42.9 Å². The Morgan fingerprint density at radius 3 is 2.33 bits per heavy atom. The fourth-order valence-electron chi connectivity index (χ4n) is 1.72. The Labute approximate surface area is 92.7 Å². The Balaban J connectivity index is 2.94. The molecule has 0 aliphatic rings. The minimum absolute atomic E-state index is 0.0456. The highest BCUT2D eigenvalue weighted by Crippen LogP contribution is 2.24. The van der Waals surface area contributed by atoms with Gasteiger partial charge in [0.2, 0.25) is 0 Å². The Hall–Kier alpha value is -1.29. The summed E-state index contributed by atoms with van der Waals surface area (Å²) in [7, 11) is 0. The summed E-state index contributed by atoms with van der Waals surface area (Å²) in [4.78, 5) is 0. The van der Waals surface area contributed by atoms with Crippen molar-refractivity contribution in [1.29, 1.82) is 5.26 Å². The van der Waals surface area contributed by atoms with Gasteiger partial charge >= 0.3 is 0 Å². The van der Waals surface area contributed by atoms with E-state index in [2.05, 4.69) is 52.0 Å². The molecule has 0 aromatic heterocycles. The molecular weight excluding hydrogens is 182 g/mol. The quantitative estimate of drug-likeness (QED) is 0.726. The number of nitriles is 1. The molecule has 0 amide bonds. The third-order valence-corrected chi connectivity index (χ3v) is 2.80. The first-order chi connectivity index (χ1) is 7.04. The molecule has 0 saturated carbocycles. The second-order valence-electron chi connectivity index (χ2n) is 4.65. The summed E-state index contributed by atoms with van der Waals surface area (Å²) in [6, 6.07) is 8.73. The van der Waals surface area contributed by atoms with Crippen LogP contribution in [0.1, 0.15) is 42.9 Å². The molecule has 1 aromatic rings. The molecule has 1 unspecified atom stereocenters. The summed E-state index contributed by atoms with van der Waals surface area (Å²) in [6.45, 7) is 8.52. The van der Waals surface area contributed by atoms with Gasteiger partial charge < -0.3 is 0 Å². The third kappa shape index (κ3) is 3.09. The Kier molecular flexibility index (Phi) is 3.91. The number of benzene rings is 1. The second-order valence-corrected chi connectivity index (χ2v) is 4.65. The molecule has 1 rings (SSSR count). The molecule has 0 bridgehead atoms. The number of hydrogen-bond donors (Lipinski definition) is 0. The molecule has 1 heteroatoms. The van der Waals surface area contributed by atoms with Crippen molar-refractivity contribution in [3.63, 3.8) is 0 Å². The first-order valence-corrected chi connectivity index (χ1v) is 5.51. The van der Waals surface area contributed by atoms with E-state index in [9.17, 15) is 0 Å². The van der Waals surface area contributed by atoms with Crippen LogP contribution >= 0.6 is 0 Å². The molecule has 0 aliphatic carbocycles. The predicted octanol–water partition coefficient (Wildman–Crippen LogP) is 3.96. The van der Waals surface area contributed by atoms with E-state index in [1.807, 2.05) is 0 Å². The molecule has 1 aromatic carbocycles. The van der Waals surface area contributed by atoms with Crippen LogP contribution in [-0.4, -0.2) is 0 Å². The maximum atomic E-state index is 9.14. The average molecular weight is 201 g/mol. The largest absolute Gasteiger partial charge is 0.198 e. The third-order valence-electron chi connectivity index (χ3n) is 2.80. The molecule has 15 heavy (non-hydrogen) atoms. The van der Waals surface area contributed by atoms with Gasteiger partial charge in [-0.2, -0.15) is 5.26 Å². The van der Waals surface area contributed by atoms with Crippen molar-refractivity contribution < 1.29 is 0 Å². The fraction of sp³-hybridized carbons (Fsp3) is 0.500. The van der Waals surface area contributed by atoms with Gasteiger partial charge in [0.1, 0.15) is 0 Å². The van der Waals surface area contributed by atoms with E-state index in [1.165, 1.54) is 11.1 Å². The SMILES string of the molecule is Cc1ccc(C(C#N)CC(C)C)cc1C. The monoisotopic (exact) mass is 201 g/mol. The molecule has 1 nitrogen and oxygen atoms in total. The summed E-state index contributed by atoms with van der Waals surface area (Å²) in [6.07, 6.45) is 0.943. The van der Waals surface area contributed by atoms with Crippen molar-refractivity contribution in [3.05, 3.63) is 34.9 Å². The van der Waals surface area contributed by atoms with Gasteiger partial charge in [0.05, 0.1) is 12.0 Å². The smallest absolute Gasteiger partial charge is 0.0715 e. The van der Waals surface area contributed by atoms with E-state index in [-0.39, 0.29) is 5.92 Å². The highest BCUT2D eigenvalue weighted by atomic mass is 14.3. The molecule has 0 spiro atoms. The van der Waals surface area contributed by atoms with Gasteiger partial charge in [0, 0.05) is 0 Å². The predicted molar refractivity (Wildman–Crippen MR) is 63.7 cm³/mol. The minimum Gasteiger partial charge on any atom is -0.198 e. The molecule has 0 saturated heterocycles. The van der Waals surface area contributed by atoms with Gasteiger partial charge in [-0.25, -0.2) is 0 Å². The van der Waals surface area contributed by atoms with Crippen LogP contribution in [-0.2, 0) is 0 Å². The molecule has 0 aliphatic heterocycles. The first-order valence-electron chi connectivity index (χ1n) is 5.51. The maximum absolute atomic E-state index is 9.14. The van der Waals surface area contributed by atoms with Crippen molar-refractivity contribution in [1.82, 2.24) is 0 Å². The molecule has 0 heterocycles. The number of hydrogen-bond acceptors (Lipinski definition) is 1. The Morgan fingerprint density at radius 1 is 1.20 bits per heavy atom. The van der Waals surface area contributed by atoms with Crippen LogP contribution in [0.3, 0.4) is 0 Å². The Morgan fingerprint density at radius 2 is 1.87 bits per heavy atom. The van der Waals surface area contributed by atoms with Crippen molar-refractivity contribution in [2.45, 2.75) is 40.0 Å². The number of nitrogens with zero attached hydrogens (tertiary/aromatic N) is 1. The molecule has 0 radical (unpaired) electrons. The lowest BCUT2D eigenvalue weighted by Crippen LogP contribution is -2.01. The van der Waals surface area contributed by atoms with E-state index in [0.29, 0.717) is 5.92 Å². The van der Waals surface area contributed by atoms with Crippen LogP contribution in [0.5, 0.6) is 0 Å². The second kappa shape index (κ2) is 4.98. The number of aryl methyl sites for hydroxylation is 2. The van der Waals surface area contributed by atoms with Gasteiger partial charge in [0.25, 0.3) is 0 Å². The van der Waals surface area contributed by atoms with Gasteiger partial charge in [-0.3, -0.25) is 0 Å². The van der Waals surface area contributed by atoms with Crippen molar-refractivity contribution in [2.24, 2.45) is 5.92 Å². The fourth-order valence-corrected chi connectivity index (χ4v) is 1.72. The van der Waals surface area contributed by atoms with Crippen LogP contribution < -0.4 is 0 Å². The van der Waals surface area contributed by atoms with E-state index >= 15 is 0 Å². The van der Waals surface area contributed by atoms with Crippen LogP contribution in [0.25, 0.3) is 0 Å². The van der Waals surface area contributed by atoms with E-state index in [1.54, 1.807) is 0 Å².